The van der Waals surface area contributed by atoms with Crippen LogP contribution in [-0.2, 0) is 12.0 Å². The van der Waals surface area contributed by atoms with Crippen molar-refractivity contribution in [3.05, 3.63) is 29.3 Å². The Morgan fingerprint density at radius 1 is 1.29 bits per heavy atom. The van der Waals surface area contributed by atoms with E-state index in [4.69, 9.17) is 0 Å². The van der Waals surface area contributed by atoms with Crippen LogP contribution in [0.3, 0.4) is 0 Å². The molecule has 1 spiro atoms. The Bertz CT molecular complexity index is 369. The van der Waals surface area contributed by atoms with Gasteiger partial charge in [-0.05, 0) is 36.1 Å². The highest BCUT2D eigenvalue weighted by Gasteiger charge is 2.41. The van der Waals surface area contributed by atoms with Gasteiger partial charge in [0.15, 0.2) is 0 Å². The van der Waals surface area contributed by atoms with Crippen molar-refractivity contribution in [2.24, 2.45) is 0 Å². The molecule has 1 aromatic carbocycles. The molecule has 0 atom stereocenters. The third-order valence-electron chi connectivity index (χ3n) is 3.75. The van der Waals surface area contributed by atoms with Gasteiger partial charge >= 0.3 is 0 Å². The Labute approximate surface area is 84.0 Å². The molecule has 3 rings (SSSR count). The molecule has 0 unspecified atom stereocenters. The quantitative estimate of drug-likeness (QED) is 0.653. The second-order valence-electron chi connectivity index (χ2n) is 4.58. The van der Waals surface area contributed by atoms with Gasteiger partial charge in [-0.25, -0.2) is 0 Å². The maximum Gasteiger partial charge on any atom is 0.115 e. The second kappa shape index (κ2) is 2.74. The first-order chi connectivity index (χ1) is 6.80. The average Bonchev–Trinajstić information content (AvgIpc) is 2.13. The van der Waals surface area contributed by atoms with E-state index in [0.717, 1.165) is 13.1 Å². The minimum Gasteiger partial charge on any atom is -0.508 e. The maximum atomic E-state index is 9.42. The summed E-state index contributed by atoms with van der Waals surface area (Å²) < 4.78 is 0. The smallest absolute Gasteiger partial charge is 0.115 e. The van der Waals surface area contributed by atoms with Crippen LogP contribution in [-0.4, -0.2) is 11.7 Å². The van der Waals surface area contributed by atoms with Crippen molar-refractivity contribution in [1.29, 1.82) is 0 Å². The van der Waals surface area contributed by atoms with Crippen LogP contribution in [0.4, 0.5) is 0 Å². The summed E-state index contributed by atoms with van der Waals surface area (Å²) in [7, 11) is 0. The fourth-order valence-electron chi connectivity index (χ4n) is 2.83. The molecule has 74 valence electrons. The lowest BCUT2D eigenvalue weighted by atomic mass is 9.62. The third-order valence-corrected chi connectivity index (χ3v) is 3.75. The van der Waals surface area contributed by atoms with Gasteiger partial charge in [-0.15, -0.1) is 0 Å². The zero-order valence-corrected chi connectivity index (χ0v) is 8.21. The van der Waals surface area contributed by atoms with Crippen LogP contribution in [0.1, 0.15) is 30.4 Å². The summed E-state index contributed by atoms with van der Waals surface area (Å²) in [6.45, 7) is 2.02. The van der Waals surface area contributed by atoms with Crippen LogP contribution in [0.15, 0.2) is 18.2 Å². The number of fused-ring (bicyclic) bond motifs is 2. The van der Waals surface area contributed by atoms with Crippen molar-refractivity contribution in [2.45, 2.75) is 31.2 Å². The Morgan fingerprint density at radius 3 is 2.86 bits per heavy atom. The molecule has 0 amide bonds. The fourth-order valence-corrected chi connectivity index (χ4v) is 2.83. The molecule has 2 aliphatic rings. The molecule has 1 aromatic rings. The van der Waals surface area contributed by atoms with Crippen LogP contribution in [0.5, 0.6) is 5.75 Å². The van der Waals surface area contributed by atoms with Crippen molar-refractivity contribution in [3.8, 4) is 5.75 Å². The predicted molar refractivity (Wildman–Crippen MR) is 55.3 cm³/mol. The fraction of sp³-hybridized carbons (Fsp3) is 0.500. The molecule has 0 aromatic heterocycles. The van der Waals surface area contributed by atoms with Crippen LogP contribution in [0, 0.1) is 0 Å². The monoisotopic (exact) mass is 189 g/mol. The van der Waals surface area contributed by atoms with Crippen LogP contribution < -0.4 is 5.32 Å². The van der Waals surface area contributed by atoms with E-state index >= 15 is 0 Å². The number of phenols is 1. The lowest BCUT2D eigenvalue weighted by Gasteiger charge is -2.46. The Hall–Kier alpha value is -1.02. The molecule has 0 saturated heterocycles. The van der Waals surface area contributed by atoms with E-state index in [2.05, 4.69) is 11.4 Å². The molecule has 1 aliphatic carbocycles. The average molecular weight is 189 g/mol. The van der Waals surface area contributed by atoms with Crippen molar-refractivity contribution in [3.63, 3.8) is 0 Å². The molecule has 14 heavy (non-hydrogen) atoms. The maximum absolute atomic E-state index is 9.42. The number of hydrogen-bond donors (Lipinski definition) is 2. The second-order valence-corrected chi connectivity index (χ2v) is 4.58. The molecule has 2 heteroatoms. The summed E-state index contributed by atoms with van der Waals surface area (Å²) in [6.07, 6.45) is 3.96. The molecular formula is C12H15NO. The van der Waals surface area contributed by atoms with Crippen LogP contribution >= 0.6 is 0 Å². The SMILES string of the molecule is Oc1ccc2c(c1)CNCC21CCC1. The third kappa shape index (κ3) is 1.01. The van der Waals surface area contributed by atoms with Gasteiger partial charge in [0.05, 0.1) is 0 Å². The van der Waals surface area contributed by atoms with Gasteiger partial charge in [0, 0.05) is 18.5 Å². The minimum atomic E-state index is 0.391. The number of aromatic hydroxyl groups is 1. The number of benzene rings is 1. The van der Waals surface area contributed by atoms with Crippen molar-refractivity contribution < 1.29 is 5.11 Å². The van der Waals surface area contributed by atoms with Gasteiger partial charge in [0.25, 0.3) is 0 Å². The van der Waals surface area contributed by atoms with Crippen molar-refractivity contribution in [2.75, 3.05) is 6.54 Å². The molecule has 1 aliphatic heterocycles. The van der Waals surface area contributed by atoms with Gasteiger partial charge in [0.1, 0.15) is 5.75 Å². The molecular weight excluding hydrogens is 174 g/mol. The van der Waals surface area contributed by atoms with Gasteiger partial charge in [-0.1, -0.05) is 12.5 Å². The zero-order chi connectivity index (χ0) is 9.60. The van der Waals surface area contributed by atoms with E-state index in [0.29, 0.717) is 11.2 Å². The van der Waals surface area contributed by atoms with E-state index in [9.17, 15) is 5.11 Å². The van der Waals surface area contributed by atoms with Gasteiger partial charge in [-0.2, -0.15) is 0 Å². The first-order valence-corrected chi connectivity index (χ1v) is 5.33. The number of phenolic OH excluding ortho intramolecular Hbond substituents is 1. The lowest BCUT2D eigenvalue weighted by Crippen LogP contribution is -2.47. The first-order valence-electron chi connectivity index (χ1n) is 5.33. The Balaban J connectivity index is 2.10. The summed E-state index contributed by atoms with van der Waals surface area (Å²) in [5.74, 6) is 0.391. The summed E-state index contributed by atoms with van der Waals surface area (Å²) in [4.78, 5) is 0. The minimum absolute atomic E-state index is 0.391. The highest BCUT2D eigenvalue weighted by Crippen LogP contribution is 2.46. The van der Waals surface area contributed by atoms with Gasteiger partial charge < -0.3 is 10.4 Å². The highest BCUT2D eigenvalue weighted by atomic mass is 16.3. The number of hydrogen-bond acceptors (Lipinski definition) is 2. The summed E-state index contributed by atoms with van der Waals surface area (Å²) >= 11 is 0. The molecule has 0 radical (unpaired) electrons. The van der Waals surface area contributed by atoms with E-state index < -0.39 is 0 Å². The molecule has 1 heterocycles. The Morgan fingerprint density at radius 2 is 2.14 bits per heavy atom. The molecule has 0 bridgehead atoms. The van der Waals surface area contributed by atoms with Gasteiger partial charge in [0.2, 0.25) is 0 Å². The van der Waals surface area contributed by atoms with E-state index in [-0.39, 0.29) is 0 Å². The summed E-state index contributed by atoms with van der Waals surface area (Å²) in [5, 5.41) is 12.9. The Kier molecular flexibility index (Phi) is 1.62. The topological polar surface area (TPSA) is 32.3 Å². The van der Waals surface area contributed by atoms with Crippen LogP contribution in [0.25, 0.3) is 0 Å². The van der Waals surface area contributed by atoms with E-state index in [1.165, 1.54) is 30.4 Å². The number of nitrogens with one attached hydrogen (secondary N) is 1. The summed E-state index contributed by atoms with van der Waals surface area (Å²) in [5.41, 5.74) is 3.16. The number of rotatable bonds is 0. The predicted octanol–water partition coefficient (Wildman–Crippen LogP) is 1.92. The highest BCUT2D eigenvalue weighted by molar-refractivity contribution is 5.42. The largest absolute Gasteiger partial charge is 0.508 e. The van der Waals surface area contributed by atoms with Gasteiger partial charge in [-0.3, -0.25) is 0 Å². The molecule has 1 fully saturated rings. The standard InChI is InChI=1S/C12H15NO/c14-10-2-3-11-9(6-10)7-13-8-12(11)4-1-5-12/h2-3,6,13-14H,1,4-5,7-8H2. The molecule has 2 N–H and O–H groups in total. The molecule has 2 nitrogen and oxygen atoms in total. The van der Waals surface area contributed by atoms with E-state index in [1.54, 1.807) is 0 Å². The van der Waals surface area contributed by atoms with E-state index in [1.807, 2.05) is 12.1 Å². The normalized spacial score (nSPS) is 22.9. The van der Waals surface area contributed by atoms with Crippen LogP contribution in [0.2, 0.25) is 0 Å². The van der Waals surface area contributed by atoms with Crippen molar-refractivity contribution >= 4 is 0 Å². The lowest BCUT2D eigenvalue weighted by molar-refractivity contribution is 0.219. The van der Waals surface area contributed by atoms with Crippen molar-refractivity contribution in [1.82, 2.24) is 5.32 Å². The molecule has 1 saturated carbocycles. The summed E-state index contributed by atoms with van der Waals surface area (Å²) in [6, 6.07) is 5.84. The first kappa shape index (κ1) is 8.30. The zero-order valence-electron chi connectivity index (χ0n) is 8.21.